The molecule has 0 fully saturated rings. The zero-order valence-electron chi connectivity index (χ0n) is 7.65. The topological polar surface area (TPSA) is 18.5 Å². The molecule has 0 amide bonds. The Hall–Kier alpha value is -0.333. The van der Waals surface area contributed by atoms with Crippen LogP contribution < -0.4 is 0 Å². The van der Waals surface area contributed by atoms with Crippen molar-refractivity contribution in [3.8, 4) is 0 Å². The lowest BCUT2D eigenvalue weighted by Gasteiger charge is -2.26. The summed E-state index contributed by atoms with van der Waals surface area (Å²) in [5.41, 5.74) is 1.16. The third-order valence-corrected chi connectivity index (χ3v) is 4.63. The first-order valence-electron chi connectivity index (χ1n) is 3.85. The molecule has 0 radical (unpaired) electrons. The van der Waals surface area contributed by atoms with Gasteiger partial charge in [-0.3, -0.25) is 0 Å². The molecular weight excluding hydrogens is 201 g/mol. The van der Waals surface area contributed by atoms with Crippen LogP contribution >= 0.6 is 0 Å². The van der Waals surface area contributed by atoms with Gasteiger partial charge in [0.1, 0.15) is 0 Å². The summed E-state index contributed by atoms with van der Waals surface area (Å²) >= 11 is 0. The van der Waals surface area contributed by atoms with Gasteiger partial charge in [0.15, 0.2) is 0 Å². The third-order valence-electron chi connectivity index (χ3n) is 1.54. The van der Waals surface area contributed by atoms with Crippen molar-refractivity contribution in [3.05, 3.63) is 12.3 Å². The highest BCUT2D eigenvalue weighted by Gasteiger charge is 2.44. The van der Waals surface area contributed by atoms with Crippen molar-refractivity contribution in [2.24, 2.45) is 0 Å². The van der Waals surface area contributed by atoms with Crippen LogP contribution in [0.4, 0.5) is 13.2 Å². The maximum Gasteiger partial charge on any atom is 0.514 e. The Kier molecular flexibility index (Phi) is 4.66. The zero-order chi connectivity index (χ0) is 10.5. The van der Waals surface area contributed by atoms with Gasteiger partial charge in [-0.1, -0.05) is 13.3 Å². The number of hydrogen-bond acceptors (Lipinski definition) is 2. The molecule has 0 aromatic carbocycles. The number of halogens is 3. The summed E-state index contributed by atoms with van der Waals surface area (Å²) in [7, 11) is -2.02. The molecule has 1 atom stereocenters. The van der Waals surface area contributed by atoms with Crippen molar-refractivity contribution in [2.45, 2.75) is 25.8 Å². The second-order valence-electron chi connectivity index (χ2n) is 2.52. The molecule has 0 aromatic heterocycles. The van der Waals surface area contributed by atoms with Gasteiger partial charge in [0.25, 0.3) is 0 Å². The maximum atomic E-state index is 11.9. The van der Waals surface area contributed by atoms with Crippen molar-refractivity contribution >= 4 is 8.56 Å². The largest absolute Gasteiger partial charge is 0.514 e. The smallest absolute Gasteiger partial charge is 0.395 e. The quantitative estimate of drug-likeness (QED) is 0.655. The summed E-state index contributed by atoms with van der Waals surface area (Å²) in [6.07, 6.45) is -4.08. The van der Waals surface area contributed by atoms with E-state index in [2.05, 4.69) is 11.0 Å². The van der Waals surface area contributed by atoms with Crippen LogP contribution in [0, 0.1) is 0 Å². The highest BCUT2D eigenvalue weighted by Crippen LogP contribution is 2.27. The van der Waals surface area contributed by atoms with Gasteiger partial charge in [-0.05, 0) is 11.7 Å². The van der Waals surface area contributed by atoms with E-state index >= 15 is 0 Å². The fraction of sp³-hybridized carbons (Fsp3) is 0.714. The van der Waals surface area contributed by atoms with E-state index in [0.717, 1.165) is 5.70 Å². The van der Waals surface area contributed by atoms with Crippen LogP contribution in [0.5, 0.6) is 0 Å². The molecule has 0 aromatic rings. The molecule has 0 heterocycles. The summed E-state index contributed by atoms with van der Waals surface area (Å²) in [4.78, 5) is 0. The van der Waals surface area contributed by atoms with Crippen molar-refractivity contribution in [2.75, 3.05) is 7.11 Å². The normalized spacial score (nSPS) is 16.7. The zero-order valence-corrected chi connectivity index (χ0v) is 8.65. The van der Waals surface area contributed by atoms with E-state index in [1.54, 1.807) is 6.92 Å². The molecule has 0 saturated heterocycles. The predicted molar refractivity (Wildman–Crippen MR) is 45.2 cm³/mol. The minimum absolute atomic E-state index is 0.256. The highest BCUT2D eigenvalue weighted by molar-refractivity contribution is 6.72. The van der Waals surface area contributed by atoms with Gasteiger partial charge in [-0.2, -0.15) is 0 Å². The summed E-state index contributed by atoms with van der Waals surface area (Å²) in [5, 5.41) is 0. The highest BCUT2D eigenvalue weighted by atomic mass is 28.4. The molecule has 1 unspecified atom stereocenters. The fourth-order valence-electron chi connectivity index (χ4n) is 0.966. The lowest BCUT2D eigenvalue weighted by molar-refractivity contribution is -0.286. The number of rotatable bonds is 5. The molecule has 0 rings (SSSR count). The van der Waals surface area contributed by atoms with E-state index in [9.17, 15) is 13.2 Å². The lowest BCUT2D eigenvalue weighted by atomic mass is 10.6. The van der Waals surface area contributed by atoms with E-state index in [0.29, 0.717) is 6.42 Å². The van der Waals surface area contributed by atoms with Crippen LogP contribution in [0.3, 0.4) is 0 Å². The minimum Gasteiger partial charge on any atom is -0.395 e. The molecule has 2 nitrogen and oxygen atoms in total. The van der Waals surface area contributed by atoms with Crippen molar-refractivity contribution < 1.29 is 22.0 Å². The third kappa shape index (κ3) is 4.44. The van der Waals surface area contributed by atoms with Crippen LogP contribution in [0.2, 0.25) is 6.04 Å². The number of hydrogen-bond donors (Lipinski definition) is 0. The fourth-order valence-corrected chi connectivity index (χ4v) is 2.90. The van der Waals surface area contributed by atoms with E-state index in [-0.39, 0.29) is 6.04 Å². The van der Waals surface area contributed by atoms with Gasteiger partial charge in [0, 0.05) is 7.11 Å². The van der Waals surface area contributed by atoms with Crippen LogP contribution in [0.15, 0.2) is 12.3 Å². The summed E-state index contributed by atoms with van der Waals surface area (Å²) in [6, 6.07) is 0.256. The predicted octanol–water partition coefficient (Wildman–Crippen LogP) is 2.75. The van der Waals surface area contributed by atoms with Gasteiger partial charge in [-0.25, -0.2) is 0 Å². The average Bonchev–Trinajstić information content (AvgIpc) is 2.01. The second-order valence-corrected chi connectivity index (χ2v) is 5.66. The first-order valence-corrected chi connectivity index (χ1v) is 5.95. The van der Waals surface area contributed by atoms with Crippen molar-refractivity contribution in [1.82, 2.24) is 0 Å². The van der Waals surface area contributed by atoms with Gasteiger partial charge in [0.05, 0.1) is 0 Å². The molecule has 0 spiro atoms. The van der Waals surface area contributed by atoms with Gasteiger partial charge in [-0.15, -0.1) is 19.8 Å². The van der Waals surface area contributed by atoms with E-state index < -0.39 is 14.9 Å². The molecule has 13 heavy (non-hydrogen) atoms. The maximum absolute atomic E-state index is 11.9. The van der Waals surface area contributed by atoms with E-state index in [4.69, 9.17) is 4.43 Å². The Balaban J connectivity index is 4.47. The summed E-state index contributed by atoms with van der Waals surface area (Å²) < 4.78 is 44.5. The Bertz CT molecular complexity index is 172. The molecule has 0 N–H and O–H groups in total. The molecule has 0 aliphatic heterocycles. The van der Waals surface area contributed by atoms with E-state index in [1.165, 1.54) is 7.11 Å². The molecule has 6 heteroatoms. The molecule has 0 bridgehead atoms. The SMILES string of the molecule is C=C[Si](CCC)(OC)OC(F)(F)F. The van der Waals surface area contributed by atoms with Crippen molar-refractivity contribution in [3.63, 3.8) is 0 Å². The Labute approximate surface area is 76.6 Å². The van der Waals surface area contributed by atoms with Gasteiger partial charge in [0.2, 0.25) is 0 Å². The Morgan fingerprint density at radius 3 is 2.23 bits per heavy atom. The molecular formula is C7H13F3O2Si. The van der Waals surface area contributed by atoms with Crippen molar-refractivity contribution in [1.29, 1.82) is 0 Å². The van der Waals surface area contributed by atoms with Crippen LogP contribution in [-0.4, -0.2) is 22.0 Å². The Morgan fingerprint density at radius 2 is 2.00 bits per heavy atom. The van der Waals surface area contributed by atoms with Crippen LogP contribution in [0.1, 0.15) is 13.3 Å². The minimum atomic E-state index is -4.65. The Morgan fingerprint density at radius 1 is 1.46 bits per heavy atom. The molecule has 78 valence electrons. The number of alkyl halides is 3. The summed E-state index contributed by atoms with van der Waals surface area (Å²) in [5.74, 6) is 0. The van der Waals surface area contributed by atoms with Crippen LogP contribution in [-0.2, 0) is 8.85 Å². The monoisotopic (exact) mass is 214 g/mol. The second kappa shape index (κ2) is 4.78. The van der Waals surface area contributed by atoms with E-state index in [1.807, 2.05) is 0 Å². The standard InChI is InChI=1S/C7H13F3O2Si/c1-4-6-13(5-2,11-3)12-7(8,9)10/h5H,2,4,6H2,1,3H3. The van der Waals surface area contributed by atoms with Gasteiger partial charge < -0.3 is 8.85 Å². The first kappa shape index (κ1) is 12.7. The first-order chi connectivity index (χ1) is 5.89. The van der Waals surface area contributed by atoms with Gasteiger partial charge >= 0.3 is 14.9 Å². The average molecular weight is 214 g/mol. The lowest BCUT2D eigenvalue weighted by Crippen LogP contribution is -2.43. The van der Waals surface area contributed by atoms with Crippen LogP contribution in [0.25, 0.3) is 0 Å². The molecule has 0 saturated carbocycles. The summed E-state index contributed by atoms with van der Waals surface area (Å²) in [6.45, 7) is 5.09. The molecule has 0 aliphatic carbocycles. The molecule has 0 aliphatic rings.